The molecule has 0 aromatic carbocycles. The maximum Gasteiger partial charge on any atom is -0.0533 e. The lowest BCUT2D eigenvalue weighted by Crippen LogP contribution is -1.84. The smallest absolute Gasteiger partial charge is 0.0533 e. The van der Waals surface area contributed by atoms with Crippen LogP contribution in [0.5, 0.6) is 0 Å². The molecular formula is C23H49Cl. The summed E-state index contributed by atoms with van der Waals surface area (Å²) in [7, 11) is 0. The summed E-state index contributed by atoms with van der Waals surface area (Å²) in [5, 5.41) is 0. The predicted molar refractivity (Wildman–Crippen MR) is 116 cm³/mol. The molecule has 0 heterocycles. The molecule has 0 saturated heterocycles. The monoisotopic (exact) mass is 360 g/mol. The van der Waals surface area contributed by atoms with Crippen molar-refractivity contribution in [2.75, 3.05) is 0 Å². The molecule has 0 rings (SSSR count). The molecule has 0 aromatic rings. The summed E-state index contributed by atoms with van der Waals surface area (Å²) in [6, 6.07) is 0. The van der Waals surface area contributed by atoms with Crippen molar-refractivity contribution >= 4 is 12.4 Å². The molecule has 0 saturated carbocycles. The van der Waals surface area contributed by atoms with E-state index in [1.807, 2.05) is 0 Å². The van der Waals surface area contributed by atoms with E-state index in [2.05, 4.69) is 13.8 Å². The molecule has 0 amide bonds. The third kappa shape index (κ3) is 24.5. The minimum absolute atomic E-state index is 0. The molecule has 0 fully saturated rings. The van der Waals surface area contributed by atoms with Crippen molar-refractivity contribution in [3.63, 3.8) is 0 Å². The molecule has 148 valence electrons. The van der Waals surface area contributed by atoms with E-state index in [0.29, 0.717) is 0 Å². The lowest BCUT2D eigenvalue weighted by Gasteiger charge is -2.04. The molecule has 0 aliphatic carbocycles. The van der Waals surface area contributed by atoms with Crippen LogP contribution in [0.15, 0.2) is 0 Å². The average molecular weight is 361 g/mol. The van der Waals surface area contributed by atoms with E-state index < -0.39 is 0 Å². The van der Waals surface area contributed by atoms with Gasteiger partial charge in [0.05, 0.1) is 0 Å². The Hall–Kier alpha value is 0.290. The fraction of sp³-hybridized carbons (Fsp3) is 1.00. The molecule has 0 N–H and O–H groups in total. The maximum atomic E-state index is 2.30. The number of unbranched alkanes of at least 4 members (excludes halogenated alkanes) is 20. The summed E-state index contributed by atoms with van der Waals surface area (Å²) in [5.74, 6) is 0. The molecule has 0 aliphatic heterocycles. The van der Waals surface area contributed by atoms with E-state index in [4.69, 9.17) is 0 Å². The van der Waals surface area contributed by atoms with Gasteiger partial charge < -0.3 is 0 Å². The summed E-state index contributed by atoms with van der Waals surface area (Å²) >= 11 is 0. The van der Waals surface area contributed by atoms with Gasteiger partial charge in [-0.15, -0.1) is 12.4 Å². The van der Waals surface area contributed by atoms with Gasteiger partial charge in [-0.3, -0.25) is 0 Å². The van der Waals surface area contributed by atoms with E-state index >= 15 is 0 Å². The first kappa shape index (κ1) is 26.5. The zero-order valence-corrected chi connectivity index (χ0v) is 18.1. The Morgan fingerprint density at radius 1 is 0.250 bits per heavy atom. The van der Waals surface area contributed by atoms with Crippen LogP contribution in [-0.2, 0) is 0 Å². The van der Waals surface area contributed by atoms with Gasteiger partial charge in [-0.05, 0) is 0 Å². The van der Waals surface area contributed by atoms with Crippen LogP contribution < -0.4 is 0 Å². The molecule has 0 nitrogen and oxygen atoms in total. The summed E-state index contributed by atoms with van der Waals surface area (Å²) in [6.07, 6.45) is 30.9. The van der Waals surface area contributed by atoms with Crippen LogP contribution in [0.4, 0.5) is 0 Å². The molecule has 0 aliphatic rings. The highest BCUT2D eigenvalue weighted by Gasteiger charge is 1.95. The average Bonchev–Trinajstić information content (AvgIpc) is 2.57. The van der Waals surface area contributed by atoms with Crippen molar-refractivity contribution in [1.82, 2.24) is 0 Å². The van der Waals surface area contributed by atoms with E-state index in [9.17, 15) is 0 Å². The number of hydrogen-bond acceptors (Lipinski definition) is 0. The minimum Gasteiger partial charge on any atom is -0.147 e. The highest BCUT2D eigenvalue weighted by Crippen LogP contribution is 2.14. The summed E-state index contributed by atoms with van der Waals surface area (Å²) < 4.78 is 0. The third-order valence-corrected chi connectivity index (χ3v) is 5.21. The summed E-state index contributed by atoms with van der Waals surface area (Å²) in [4.78, 5) is 0. The fourth-order valence-electron chi connectivity index (χ4n) is 3.51. The van der Waals surface area contributed by atoms with Crippen LogP contribution in [0.3, 0.4) is 0 Å². The fourth-order valence-corrected chi connectivity index (χ4v) is 3.51. The Labute approximate surface area is 161 Å². The quantitative estimate of drug-likeness (QED) is 0.189. The van der Waals surface area contributed by atoms with E-state index in [1.54, 1.807) is 0 Å². The molecule has 0 bridgehead atoms. The minimum atomic E-state index is 0. The van der Waals surface area contributed by atoms with Crippen molar-refractivity contribution in [1.29, 1.82) is 0 Å². The van der Waals surface area contributed by atoms with Crippen LogP contribution in [0.2, 0.25) is 0 Å². The van der Waals surface area contributed by atoms with Gasteiger partial charge in [-0.1, -0.05) is 149 Å². The molecule has 0 atom stereocenters. The van der Waals surface area contributed by atoms with Crippen LogP contribution in [0.25, 0.3) is 0 Å². The van der Waals surface area contributed by atoms with Crippen LogP contribution >= 0.6 is 12.4 Å². The van der Waals surface area contributed by atoms with Gasteiger partial charge in [0.15, 0.2) is 0 Å². The Kier molecular flexibility index (Phi) is 28.2. The van der Waals surface area contributed by atoms with Gasteiger partial charge >= 0.3 is 0 Å². The highest BCUT2D eigenvalue weighted by molar-refractivity contribution is 5.85. The molecular weight excluding hydrogens is 312 g/mol. The van der Waals surface area contributed by atoms with Crippen LogP contribution in [0, 0.1) is 0 Å². The molecule has 0 radical (unpaired) electrons. The summed E-state index contributed by atoms with van der Waals surface area (Å²) in [6.45, 7) is 4.60. The number of hydrogen-bond donors (Lipinski definition) is 0. The van der Waals surface area contributed by atoms with Crippen LogP contribution in [-0.4, -0.2) is 0 Å². The second-order valence-corrected chi connectivity index (χ2v) is 7.72. The maximum absolute atomic E-state index is 2.30. The number of rotatable bonds is 20. The van der Waals surface area contributed by atoms with Crippen molar-refractivity contribution < 1.29 is 0 Å². The second kappa shape index (κ2) is 25.5. The Balaban J connectivity index is 0. The Morgan fingerprint density at radius 2 is 0.375 bits per heavy atom. The van der Waals surface area contributed by atoms with Crippen molar-refractivity contribution in [3.8, 4) is 0 Å². The van der Waals surface area contributed by atoms with Crippen molar-refractivity contribution in [3.05, 3.63) is 0 Å². The largest absolute Gasteiger partial charge is 0.147 e. The molecule has 0 aromatic heterocycles. The number of halogens is 1. The molecule has 1 heteroatoms. The van der Waals surface area contributed by atoms with Gasteiger partial charge in [0.1, 0.15) is 0 Å². The molecule has 0 spiro atoms. The van der Waals surface area contributed by atoms with Gasteiger partial charge in [-0.25, -0.2) is 0 Å². The Bertz CT molecular complexity index is 170. The normalized spacial score (nSPS) is 10.8. The van der Waals surface area contributed by atoms with Crippen molar-refractivity contribution in [2.24, 2.45) is 0 Å². The van der Waals surface area contributed by atoms with E-state index in [1.165, 1.54) is 135 Å². The third-order valence-electron chi connectivity index (χ3n) is 5.21. The van der Waals surface area contributed by atoms with Gasteiger partial charge in [0.25, 0.3) is 0 Å². The second-order valence-electron chi connectivity index (χ2n) is 7.72. The van der Waals surface area contributed by atoms with Crippen molar-refractivity contribution in [2.45, 2.75) is 149 Å². The topological polar surface area (TPSA) is 0 Å². The Morgan fingerprint density at radius 3 is 0.500 bits per heavy atom. The van der Waals surface area contributed by atoms with E-state index in [0.717, 1.165) is 0 Å². The van der Waals surface area contributed by atoms with Gasteiger partial charge in [0.2, 0.25) is 0 Å². The first-order chi connectivity index (χ1) is 11.4. The standard InChI is InChI=1S/C23H48.ClH/c1-3-5-7-9-11-13-15-17-19-21-23-22-20-18-16-14-12-10-8-6-4-2;/h3-23H2,1-2H3;1H. The summed E-state index contributed by atoms with van der Waals surface area (Å²) in [5.41, 5.74) is 0. The van der Waals surface area contributed by atoms with Gasteiger partial charge in [0, 0.05) is 0 Å². The van der Waals surface area contributed by atoms with Crippen LogP contribution in [0.1, 0.15) is 149 Å². The highest BCUT2D eigenvalue weighted by atomic mass is 35.5. The first-order valence-electron chi connectivity index (χ1n) is 11.4. The lowest BCUT2D eigenvalue weighted by molar-refractivity contribution is 0.521. The SMILES string of the molecule is CCCCCCCCCCCCCCCCCCCCCCC.Cl. The molecule has 0 unspecified atom stereocenters. The zero-order chi connectivity index (χ0) is 16.8. The van der Waals surface area contributed by atoms with E-state index in [-0.39, 0.29) is 12.4 Å². The lowest BCUT2D eigenvalue weighted by atomic mass is 10.0. The molecule has 24 heavy (non-hydrogen) atoms. The van der Waals surface area contributed by atoms with Gasteiger partial charge in [-0.2, -0.15) is 0 Å². The zero-order valence-electron chi connectivity index (χ0n) is 17.3. The predicted octanol–water partition coefficient (Wildman–Crippen LogP) is 9.64. The first-order valence-corrected chi connectivity index (χ1v) is 11.4.